The highest BCUT2D eigenvalue weighted by Gasteiger charge is 2.46. The van der Waals surface area contributed by atoms with E-state index in [2.05, 4.69) is 10.2 Å². The molecule has 2 rings (SSSR count). The summed E-state index contributed by atoms with van der Waals surface area (Å²) in [5.74, 6) is -0.980. The molecule has 2 aliphatic rings. The van der Waals surface area contributed by atoms with E-state index in [1.807, 2.05) is 0 Å². The Hall–Kier alpha value is -1.65. The number of hydrogen-bond acceptors (Lipinski definition) is 4. The molecule has 2 aliphatic heterocycles. The van der Waals surface area contributed by atoms with Gasteiger partial charge in [0.25, 0.3) is 0 Å². The Labute approximate surface area is 68.1 Å². The minimum atomic E-state index is -1.14. The molecule has 0 fully saturated rings. The molecule has 1 N–H and O–H groups in total. The Morgan fingerprint density at radius 2 is 2.58 bits per heavy atom. The number of nitrogens with zero attached hydrogens (tertiary/aromatic N) is 2. The fourth-order valence-corrected chi connectivity index (χ4v) is 1.16. The summed E-state index contributed by atoms with van der Waals surface area (Å²) in [5.41, 5.74) is -0.712. The maximum atomic E-state index is 10.9. The van der Waals surface area contributed by atoms with E-state index in [-0.39, 0.29) is 6.61 Å². The van der Waals surface area contributed by atoms with Crippen molar-refractivity contribution in [2.24, 2.45) is 15.6 Å². The maximum absolute atomic E-state index is 10.9. The average molecular weight is 166 g/mol. The van der Waals surface area contributed by atoms with Gasteiger partial charge in [0, 0.05) is 0 Å². The molecule has 0 spiro atoms. The third kappa shape index (κ3) is 0.702. The second-order valence-corrected chi connectivity index (χ2v) is 2.62. The van der Waals surface area contributed by atoms with Crippen LogP contribution in [0, 0.1) is 5.41 Å². The first kappa shape index (κ1) is 7.02. The zero-order valence-electron chi connectivity index (χ0n) is 6.10. The van der Waals surface area contributed by atoms with Gasteiger partial charge in [0.2, 0.25) is 0 Å². The second-order valence-electron chi connectivity index (χ2n) is 2.62. The Balaban J connectivity index is 2.47. The zero-order chi connectivity index (χ0) is 8.60. The highest BCUT2D eigenvalue weighted by Crippen LogP contribution is 2.26. The smallest absolute Gasteiger partial charge is 0.324 e. The summed E-state index contributed by atoms with van der Waals surface area (Å²) in [6.07, 6.45) is 4.24. The van der Waals surface area contributed by atoms with Gasteiger partial charge in [0.05, 0.1) is 18.2 Å². The Kier molecular flexibility index (Phi) is 1.27. The van der Waals surface area contributed by atoms with Crippen molar-refractivity contribution in [3.05, 3.63) is 12.3 Å². The normalized spacial score (nSPS) is 30.8. The Morgan fingerprint density at radius 1 is 1.75 bits per heavy atom. The van der Waals surface area contributed by atoms with Crippen molar-refractivity contribution in [3.8, 4) is 0 Å². The van der Waals surface area contributed by atoms with E-state index < -0.39 is 11.4 Å². The molecule has 5 nitrogen and oxygen atoms in total. The van der Waals surface area contributed by atoms with Crippen molar-refractivity contribution in [2.75, 3.05) is 6.61 Å². The molecular weight excluding hydrogens is 160 g/mol. The van der Waals surface area contributed by atoms with E-state index in [9.17, 15) is 4.79 Å². The molecule has 1 unspecified atom stereocenters. The molecule has 0 saturated carbocycles. The lowest BCUT2D eigenvalue weighted by atomic mass is 9.84. The number of carbonyl (C=O) groups is 1. The maximum Gasteiger partial charge on any atom is 0.324 e. The van der Waals surface area contributed by atoms with E-state index >= 15 is 0 Å². The standard InChI is InChI=1S/C7H6N2O3/c10-6(11)7-3-8-9-5(7)1-2-12-4-7/h1-3H,4H2,(H,10,11). The van der Waals surface area contributed by atoms with E-state index in [1.165, 1.54) is 18.6 Å². The molecule has 2 heterocycles. The quantitative estimate of drug-likeness (QED) is 0.597. The number of carboxylic acid groups (broad SMARTS) is 1. The molecule has 0 aliphatic carbocycles. The largest absolute Gasteiger partial charge is 0.499 e. The highest BCUT2D eigenvalue weighted by atomic mass is 16.5. The lowest BCUT2D eigenvalue weighted by Gasteiger charge is -2.23. The first-order chi connectivity index (χ1) is 5.76. The Bertz CT molecular complexity index is 319. The molecule has 0 radical (unpaired) electrons. The summed E-state index contributed by atoms with van der Waals surface area (Å²) in [4.78, 5) is 10.9. The van der Waals surface area contributed by atoms with Gasteiger partial charge in [-0.3, -0.25) is 4.79 Å². The van der Waals surface area contributed by atoms with E-state index in [0.29, 0.717) is 5.71 Å². The minimum absolute atomic E-state index is 0.0706. The first-order valence-electron chi connectivity index (χ1n) is 3.40. The van der Waals surface area contributed by atoms with Crippen molar-refractivity contribution in [2.45, 2.75) is 0 Å². The zero-order valence-corrected chi connectivity index (χ0v) is 6.10. The molecule has 0 amide bonds. The van der Waals surface area contributed by atoms with Gasteiger partial charge in [-0.15, -0.1) is 0 Å². The van der Waals surface area contributed by atoms with Crippen molar-refractivity contribution in [1.82, 2.24) is 0 Å². The summed E-state index contributed by atoms with van der Waals surface area (Å²) >= 11 is 0. The van der Waals surface area contributed by atoms with Crippen LogP contribution in [0.3, 0.4) is 0 Å². The van der Waals surface area contributed by atoms with Crippen LogP contribution in [0.1, 0.15) is 0 Å². The number of carboxylic acids is 1. The van der Waals surface area contributed by atoms with E-state index in [0.717, 1.165) is 0 Å². The van der Waals surface area contributed by atoms with Crippen LogP contribution in [0.5, 0.6) is 0 Å². The minimum Gasteiger partial charge on any atom is -0.499 e. The van der Waals surface area contributed by atoms with Gasteiger partial charge in [0.1, 0.15) is 6.61 Å². The van der Waals surface area contributed by atoms with Gasteiger partial charge < -0.3 is 9.84 Å². The fraction of sp³-hybridized carbons (Fsp3) is 0.286. The molecule has 1 atom stereocenters. The molecule has 62 valence electrons. The van der Waals surface area contributed by atoms with Crippen LogP contribution in [0.15, 0.2) is 22.5 Å². The van der Waals surface area contributed by atoms with E-state index in [4.69, 9.17) is 9.84 Å². The SMILES string of the molecule is O=C(O)C12C=NN=C1C=COC2. The van der Waals surface area contributed by atoms with E-state index in [1.54, 1.807) is 0 Å². The van der Waals surface area contributed by atoms with Crippen molar-refractivity contribution in [3.63, 3.8) is 0 Å². The molecule has 0 aromatic rings. The van der Waals surface area contributed by atoms with Crippen LogP contribution in [-0.2, 0) is 9.53 Å². The lowest BCUT2D eigenvalue weighted by molar-refractivity contribution is -0.143. The summed E-state index contributed by atoms with van der Waals surface area (Å²) in [7, 11) is 0. The van der Waals surface area contributed by atoms with Crippen molar-refractivity contribution < 1.29 is 14.6 Å². The third-order valence-electron chi connectivity index (χ3n) is 1.92. The number of ether oxygens (including phenoxy) is 1. The number of fused-ring (bicyclic) bond motifs is 1. The van der Waals surface area contributed by atoms with Gasteiger partial charge >= 0.3 is 5.97 Å². The summed E-state index contributed by atoms with van der Waals surface area (Å²) in [5, 5.41) is 16.2. The fourth-order valence-electron chi connectivity index (χ4n) is 1.16. The Morgan fingerprint density at radius 3 is 3.25 bits per heavy atom. The van der Waals surface area contributed by atoms with Gasteiger partial charge in [-0.1, -0.05) is 0 Å². The first-order valence-corrected chi connectivity index (χ1v) is 3.40. The lowest BCUT2D eigenvalue weighted by Crippen LogP contribution is -2.43. The predicted molar refractivity (Wildman–Crippen MR) is 41.1 cm³/mol. The molecule has 0 saturated heterocycles. The van der Waals surface area contributed by atoms with Gasteiger partial charge in [-0.2, -0.15) is 10.2 Å². The predicted octanol–water partition coefficient (Wildman–Crippen LogP) is 0.0417. The molecular formula is C7H6N2O3. The van der Waals surface area contributed by atoms with Crippen LogP contribution < -0.4 is 0 Å². The second kappa shape index (κ2) is 2.17. The monoisotopic (exact) mass is 166 g/mol. The van der Waals surface area contributed by atoms with Crippen LogP contribution in [0.2, 0.25) is 0 Å². The molecule has 5 heteroatoms. The summed E-state index contributed by atoms with van der Waals surface area (Å²) in [6.45, 7) is 0.0706. The summed E-state index contributed by atoms with van der Waals surface area (Å²) in [6, 6.07) is 0. The molecule has 0 bridgehead atoms. The highest BCUT2D eigenvalue weighted by molar-refractivity contribution is 6.24. The molecule has 12 heavy (non-hydrogen) atoms. The third-order valence-corrected chi connectivity index (χ3v) is 1.92. The van der Waals surface area contributed by atoms with Crippen molar-refractivity contribution in [1.29, 1.82) is 0 Å². The molecule has 0 aromatic heterocycles. The number of hydrogen-bond donors (Lipinski definition) is 1. The number of allylic oxidation sites excluding steroid dienone is 1. The van der Waals surface area contributed by atoms with Crippen LogP contribution in [0.4, 0.5) is 0 Å². The average Bonchev–Trinajstić information content (AvgIpc) is 2.48. The topological polar surface area (TPSA) is 71.2 Å². The van der Waals surface area contributed by atoms with Crippen molar-refractivity contribution >= 4 is 17.9 Å². The van der Waals surface area contributed by atoms with Gasteiger partial charge in [-0.05, 0) is 6.08 Å². The van der Waals surface area contributed by atoms with Crippen LogP contribution >= 0.6 is 0 Å². The number of aliphatic carboxylic acids is 1. The van der Waals surface area contributed by atoms with Gasteiger partial charge in [-0.25, -0.2) is 0 Å². The molecule has 0 aromatic carbocycles. The summed E-state index contributed by atoms with van der Waals surface area (Å²) < 4.78 is 4.91. The number of rotatable bonds is 1. The van der Waals surface area contributed by atoms with Crippen LogP contribution in [-0.4, -0.2) is 29.6 Å². The van der Waals surface area contributed by atoms with Crippen LogP contribution in [0.25, 0.3) is 0 Å². The van der Waals surface area contributed by atoms with Gasteiger partial charge in [0.15, 0.2) is 5.41 Å².